The van der Waals surface area contributed by atoms with Crippen molar-refractivity contribution in [1.82, 2.24) is 4.98 Å². The van der Waals surface area contributed by atoms with E-state index in [-0.39, 0.29) is 11.0 Å². The minimum Gasteiger partial charge on any atom is -0.489 e. The predicted molar refractivity (Wildman–Crippen MR) is 114 cm³/mol. The first kappa shape index (κ1) is 19.4. The smallest absolute Gasteiger partial charge is 0.238 e. The Balaban J connectivity index is 1.66. The summed E-state index contributed by atoms with van der Waals surface area (Å²) in [5.41, 5.74) is 3.06. The fourth-order valence-electron chi connectivity index (χ4n) is 2.85. The standard InChI is InChI=1S/C20H19N3O4S2/c1-12(2)27-19-6-4-15(29(21,24)25)10-16(19)22-20-23-17(11-28-20)13-3-5-18-14(9-13)7-8-26-18/h3-12H,1-2H3,(H,22,23)(H2,21,24,25). The van der Waals surface area contributed by atoms with Crippen LogP contribution in [0.15, 0.2) is 63.4 Å². The Morgan fingerprint density at radius 2 is 2.00 bits per heavy atom. The molecule has 0 spiro atoms. The minimum atomic E-state index is -3.84. The highest BCUT2D eigenvalue weighted by Crippen LogP contribution is 2.34. The SMILES string of the molecule is CC(C)Oc1ccc(S(N)(=O)=O)cc1Nc1nc(-c2ccc3occc3c2)cs1. The van der Waals surface area contributed by atoms with E-state index in [9.17, 15) is 8.42 Å². The maximum Gasteiger partial charge on any atom is 0.238 e. The van der Waals surface area contributed by atoms with Crippen molar-refractivity contribution in [2.45, 2.75) is 24.8 Å². The summed E-state index contributed by atoms with van der Waals surface area (Å²) in [4.78, 5) is 4.62. The second kappa shape index (κ2) is 7.51. The van der Waals surface area contributed by atoms with Crippen LogP contribution in [-0.4, -0.2) is 19.5 Å². The number of aromatic nitrogens is 1. The molecule has 0 unspecified atom stereocenters. The summed E-state index contributed by atoms with van der Waals surface area (Å²) in [6.45, 7) is 3.79. The van der Waals surface area contributed by atoms with Gasteiger partial charge in [-0.1, -0.05) is 0 Å². The van der Waals surface area contributed by atoms with Crippen molar-refractivity contribution >= 4 is 43.1 Å². The summed E-state index contributed by atoms with van der Waals surface area (Å²) in [6, 6.07) is 12.2. The van der Waals surface area contributed by atoms with Crippen molar-refractivity contribution in [3.8, 4) is 17.0 Å². The molecule has 2 heterocycles. The van der Waals surface area contributed by atoms with E-state index in [1.165, 1.54) is 23.5 Å². The number of primary sulfonamides is 1. The van der Waals surface area contributed by atoms with Gasteiger partial charge >= 0.3 is 0 Å². The van der Waals surface area contributed by atoms with Gasteiger partial charge in [0.2, 0.25) is 10.0 Å². The number of ether oxygens (including phenoxy) is 1. The summed E-state index contributed by atoms with van der Waals surface area (Å²) in [5.74, 6) is 0.518. The second-order valence-electron chi connectivity index (χ2n) is 6.71. The molecule has 29 heavy (non-hydrogen) atoms. The van der Waals surface area contributed by atoms with Gasteiger partial charge in [0.15, 0.2) is 5.13 Å². The number of hydrogen-bond acceptors (Lipinski definition) is 7. The van der Waals surface area contributed by atoms with Gasteiger partial charge in [0.1, 0.15) is 11.3 Å². The third-order valence-electron chi connectivity index (χ3n) is 4.14. The van der Waals surface area contributed by atoms with E-state index in [4.69, 9.17) is 14.3 Å². The Morgan fingerprint density at radius 1 is 1.17 bits per heavy atom. The number of fused-ring (bicyclic) bond motifs is 1. The molecule has 0 aliphatic carbocycles. The van der Waals surface area contributed by atoms with Gasteiger partial charge in [-0.15, -0.1) is 11.3 Å². The molecule has 0 atom stereocenters. The van der Waals surface area contributed by atoms with E-state index in [1.807, 2.05) is 43.5 Å². The van der Waals surface area contributed by atoms with Crippen LogP contribution in [0.2, 0.25) is 0 Å². The van der Waals surface area contributed by atoms with Gasteiger partial charge < -0.3 is 14.5 Å². The number of hydrogen-bond donors (Lipinski definition) is 2. The minimum absolute atomic E-state index is 0.00158. The van der Waals surface area contributed by atoms with E-state index in [1.54, 1.807) is 12.3 Å². The molecule has 0 fully saturated rings. The predicted octanol–water partition coefficient (Wildman–Crippen LogP) is 4.73. The average molecular weight is 430 g/mol. The molecule has 0 amide bonds. The third-order valence-corrected chi connectivity index (χ3v) is 5.80. The number of sulfonamides is 1. The van der Waals surface area contributed by atoms with Gasteiger partial charge in [0, 0.05) is 16.3 Å². The Bertz CT molecular complexity index is 1280. The molecule has 0 aliphatic rings. The molecule has 0 saturated carbocycles. The molecule has 9 heteroatoms. The van der Waals surface area contributed by atoms with Crippen molar-refractivity contribution in [1.29, 1.82) is 0 Å². The number of thiazole rings is 1. The highest BCUT2D eigenvalue weighted by Gasteiger charge is 2.15. The van der Waals surface area contributed by atoms with Crippen molar-refractivity contribution in [3.63, 3.8) is 0 Å². The molecule has 0 bridgehead atoms. The Morgan fingerprint density at radius 3 is 2.76 bits per heavy atom. The van der Waals surface area contributed by atoms with E-state index in [0.717, 1.165) is 22.2 Å². The number of nitrogens with one attached hydrogen (secondary N) is 1. The zero-order chi connectivity index (χ0) is 20.6. The first-order valence-corrected chi connectivity index (χ1v) is 11.3. The van der Waals surface area contributed by atoms with Crippen LogP contribution in [0.25, 0.3) is 22.2 Å². The molecule has 0 aliphatic heterocycles. The summed E-state index contributed by atoms with van der Waals surface area (Å²) in [5, 5.41) is 12.0. The van der Waals surface area contributed by atoms with Crippen LogP contribution in [0.1, 0.15) is 13.8 Å². The van der Waals surface area contributed by atoms with Crippen molar-refractivity contribution in [2.75, 3.05) is 5.32 Å². The van der Waals surface area contributed by atoms with Gasteiger partial charge in [-0.25, -0.2) is 18.5 Å². The van der Waals surface area contributed by atoms with E-state index in [0.29, 0.717) is 16.6 Å². The van der Waals surface area contributed by atoms with Gasteiger partial charge in [0.25, 0.3) is 0 Å². The van der Waals surface area contributed by atoms with Crippen LogP contribution in [-0.2, 0) is 10.0 Å². The lowest BCUT2D eigenvalue weighted by molar-refractivity contribution is 0.243. The lowest BCUT2D eigenvalue weighted by Crippen LogP contribution is -2.13. The highest BCUT2D eigenvalue weighted by molar-refractivity contribution is 7.89. The van der Waals surface area contributed by atoms with Crippen molar-refractivity contribution in [3.05, 3.63) is 54.1 Å². The first-order chi connectivity index (χ1) is 13.8. The van der Waals surface area contributed by atoms with Crippen LogP contribution in [0.5, 0.6) is 5.75 Å². The number of furan rings is 1. The molecule has 4 rings (SSSR count). The Kier molecular flexibility index (Phi) is 5.03. The largest absolute Gasteiger partial charge is 0.489 e. The van der Waals surface area contributed by atoms with Crippen LogP contribution >= 0.6 is 11.3 Å². The maximum atomic E-state index is 11.7. The van der Waals surface area contributed by atoms with Crippen molar-refractivity contribution < 1.29 is 17.6 Å². The Labute approximate surface area is 172 Å². The normalized spacial score (nSPS) is 11.9. The lowest BCUT2D eigenvalue weighted by Gasteiger charge is -2.15. The van der Waals surface area contributed by atoms with Crippen LogP contribution in [0.3, 0.4) is 0 Å². The molecular weight excluding hydrogens is 410 g/mol. The van der Waals surface area contributed by atoms with E-state index in [2.05, 4.69) is 10.3 Å². The zero-order valence-electron chi connectivity index (χ0n) is 15.7. The van der Waals surface area contributed by atoms with Crippen LogP contribution in [0.4, 0.5) is 10.8 Å². The average Bonchev–Trinajstić information content (AvgIpc) is 3.30. The fourth-order valence-corrected chi connectivity index (χ4v) is 4.12. The fraction of sp³-hybridized carbons (Fsp3) is 0.150. The molecular formula is C20H19N3O4S2. The summed E-state index contributed by atoms with van der Waals surface area (Å²) in [6.07, 6.45) is 1.57. The van der Waals surface area contributed by atoms with Crippen molar-refractivity contribution in [2.24, 2.45) is 5.14 Å². The van der Waals surface area contributed by atoms with Gasteiger partial charge in [-0.3, -0.25) is 0 Å². The second-order valence-corrected chi connectivity index (χ2v) is 9.13. The van der Waals surface area contributed by atoms with Gasteiger partial charge in [-0.05, 0) is 56.3 Å². The molecule has 7 nitrogen and oxygen atoms in total. The zero-order valence-corrected chi connectivity index (χ0v) is 17.4. The number of nitrogens with zero attached hydrogens (tertiary/aromatic N) is 1. The number of benzene rings is 2. The van der Waals surface area contributed by atoms with E-state index >= 15 is 0 Å². The molecule has 2 aromatic heterocycles. The lowest BCUT2D eigenvalue weighted by atomic mass is 10.1. The van der Waals surface area contributed by atoms with Crippen LogP contribution in [0, 0.1) is 0 Å². The van der Waals surface area contributed by atoms with E-state index < -0.39 is 10.0 Å². The molecule has 0 saturated heterocycles. The molecule has 3 N–H and O–H groups in total. The molecule has 4 aromatic rings. The molecule has 150 valence electrons. The number of nitrogens with two attached hydrogens (primary N) is 1. The topological polar surface area (TPSA) is 107 Å². The monoisotopic (exact) mass is 429 g/mol. The summed E-state index contributed by atoms with van der Waals surface area (Å²) in [7, 11) is -3.84. The number of anilines is 2. The summed E-state index contributed by atoms with van der Waals surface area (Å²) >= 11 is 1.41. The number of rotatable bonds is 6. The first-order valence-electron chi connectivity index (χ1n) is 8.83. The quantitative estimate of drug-likeness (QED) is 0.459. The summed E-state index contributed by atoms with van der Waals surface area (Å²) < 4.78 is 34.6. The maximum absolute atomic E-state index is 11.7. The highest BCUT2D eigenvalue weighted by atomic mass is 32.2. The van der Waals surface area contributed by atoms with Gasteiger partial charge in [0.05, 0.1) is 28.6 Å². The van der Waals surface area contributed by atoms with Crippen LogP contribution < -0.4 is 15.2 Å². The third kappa shape index (κ3) is 4.26. The molecule has 2 aromatic carbocycles. The Hall–Kier alpha value is -2.88. The van der Waals surface area contributed by atoms with Gasteiger partial charge in [-0.2, -0.15) is 0 Å². The molecule has 0 radical (unpaired) electrons.